The lowest BCUT2D eigenvalue weighted by atomic mass is 10.1. The third-order valence-corrected chi connectivity index (χ3v) is 4.63. The summed E-state index contributed by atoms with van der Waals surface area (Å²) in [6.45, 7) is 3.11. The van der Waals surface area contributed by atoms with Crippen molar-refractivity contribution in [3.05, 3.63) is 23.2 Å². The molecule has 1 aliphatic heterocycles. The fraction of sp³-hybridized carbons (Fsp3) is 0.500. The van der Waals surface area contributed by atoms with Crippen molar-refractivity contribution in [2.75, 3.05) is 20.2 Å². The number of aromatic nitrogens is 1. The summed E-state index contributed by atoms with van der Waals surface area (Å²) in [4.78, 5) is 7.13. The third-order valence-electron chi connectivity index (χ3n) is 3.63. The number of fused-ring (bicyclic) bond motifs is 1. The molecule has 2 heterocycles. The number of rotatable bonds is 3. The van der Waals surface area contributed by atoms with E-state index < -0.39 is 0 Å². The first-order chi connectivity index (χ1) is 9.24. The Kier molecular flexibility index (Phi) is 5.21. The number of thiazole rings is 1. The Labute approximate surface area is 129 Å². The molecule has 0 spiro atoms. The molecule has 0 amide bonds. The summed E-state index contributed by atoms with van der Waals surface area (Å²) in [7, 11) is 1.69. The summed E-state index contributed by atoms with van der Waals surface area (Å²) < 4.78 is 6.45. The summed E-state index contributed by atoms with van der Waals surface area (Å²) in [5.41, 5.74) is 6.99. The number of benzene rings is 1. The van der Waals surface area contributed by atoms with Crippen molar-refractivity contribution >= 4 is 34.0 Å². The highest BCUT2D eigenvalue weighted by atomic mass is 35.5. The van der Waals surface area contributed by atoms with E-state index in [9.17, 15) is 0 Å². The van der Waals surface area contributed by atoms with E-state index in [1.165, 1.54) is 9.71 Å². The van der Waals surface area contributed by atoms with Crippen molar-refractivity contribution in [1.82, 2.24) is 9.88 Å². The minimum atomic E-state index is 0. The Morgan fingerprint density at radius 1 is 1.40 bits per heavy atom. The number of hydrogen-bond acceptors (Lipinski definition) is 5. The van der Waals surface area contributed by atoms with Crippen LogP contribution in [0.2, 0.25) is 0 Å². The second-order valence-electron chi connectivity index (χ2n) is 5.05. The number of piperidine rings is 1. The maximum Gasteiger partial charge on any atom is 0.120 e. The molecule has 1 aromatic heterocycles. The van der Waals surface area contributed by atoms with Crippen molar-refractivity contribution in [2.24, 2.45) is 5.73 Å². The van der Waals surface area contributed by atoms with E-state index in [0.29, 0.717) is 6.04 Å². The van der Waals surface area contributed by atoms with Crippen LogP contribution in [0.3, 0.4) is 0 Å². The molecule has 0 saturated carbocycles. The molecule has 1 saturated heterocycles. The fourth-order valence-corrected chi connectivity index (χ4v) is 3.49. The Hall–Kier alpha value is -0.880. The normalized spacial score (nSPS) is 17.1. The molecule has 0 bridgehead atoms. The van der Waals surface area contributed by atoms with Crippen LogP contribution in [0.15, 0.2) is 18.2 Å². The Morgan fingerprint density at radius 3 is 2.85 bits per heavy atom. The number of halogens is 1. The minimum Gasteiger partial charge on any atom is -0.497 e. The summed E-state index contributed by atoms with van der Waals surface area (Å²) in [5, 5.41) is 1.18. The first-order valence-corrected chi connectivity index (χ1v) is 7.47. The predicted octanol–water partition coefficient (Wildman–Crippen LogP) is 2.65. The summed E-state index contributed by atoms with van der Waals surface area (Å²) in [6, 6.07) is 6.44. The number of hydrogen-bond donors (Lipinski definition) is 1. The van der Waals surface area contributed by atoms with Crippen LogP contribution in [0.4, 0.5) is 0 Å². The molecule has 3 rings (SSSR count). The molecule has 110 valence electrons. The van der Waals surface area contributed by atoms with Crippen LogP contribution in [0.5, 0.6) is 5.75 Å². The molecular formula is C14H20ClN3OS. The number of methoxy groups -OCH3 is 1. The van der Waals surface area contributed by atoms with E-state index in [1.807, 2.05) is 12.1 Å². The van der Waals surface area contributed by atoms with Crippen LogP contribution in [-0.4, -0.2) is 36.1 Å². The van der Waals surface area contributed by atoms with E-state index in [0.717, 1.165) is 43.7 Å². The number of nitrogens with two attached hydrogens (primary N) is 1. The molecule has 1 fully saturated rings. The van der Waals surface area contributed by atoms with Crippen LogP contribution >= 0.6 is 23.7 Å². The average molecular weight is 314 g/mol. The van der Waals surface area contributed by atoms with Gasteiger partial charge in [-0.1, -0.05) is 0 Å². The van der Waals surface area contributed by atoms with Gasteiger partial charge in [0.2, 0.25) is 0 Å². The fourth-order valence-electron chi connectivity index (χ4n) is 2.45. The molecule has 4 nitrogen and oxygen atoms in total. The van der Waals surface area contributed by atoms with Gasteiger partial charge in [-0.05, 0) is 31.0 Å². The first kappa shape index (κ1) is 15.5. The van der Waals surface area contributed by atoms with Crippen LogP contribution in [0.25, 0.3) is 10.2 Å². The minimum absolute atomic E-state index is 0. The lowest BCUT2D eigenvalue weighted by molar-refractivity contribution is 0.205. The van der Waals surface area contributed by atoms with Crippen LogP contribution in [-0.2, 0) is 6.54 Å². The number of ether oxygens (including phenoxy) is 1. The quantitative estimate of drug-likeness (QED) is 0.946. The van der Waals surface area contributed by atoms with Gasteiger partial charge in [-0.2, -0.15) is 0 Å². The van der Waals surface area contributed by atoms with Gasteiger partial charge >= 0.3 is 0 Å². The Bertz CT molecular complexity index is 567. The van der Waals surface area contributed by atoms with Gasteiger partial charge in [0, 0.05) is 19.1 Å². The smallest absolute Gasteiger partial charge is 0.120 e. The topological polar surface area (TPSA) is 51.4 Å². The molecule has 1 aromatic carbocycles. The second kappa shape index (κ2) is 6.72. The molecule has 0 aliphatic carbocycles. The molecule has 2 aromatic rings. The van der Waals surface area contributed by atoms with E-state index in [-0.39, 0.29) is 12.4 Å². The lowest BCUT2D eigenvalue weighted by Gasteiger charge is -2.29. The highest BCUT2D eigenvalue weighted by molar-refractivity contribution is 7.18. The molecule has 2 N–H and O–H groups in total. The summed E-state index contributed by atoms with van der Waals surface area (Å²) >= 11 is 1.76. The van der Waals surface area contributed by atoms with Gasteiger partial charge in [-0.15, -0.1) is 23.7 Å². The molecule has 0 atom stereocenters. The average Bonchev–Trinajstić information content (AvgIpc) is 2.82. The van der Waals surface area contributed by atoms with E-state index in [2.05, 4.69) is 11.0 Å². The van der Waals surface area contributed by atoms with Crippen molar-refractivity contribution in [2.45, 2.75) is 25.4 Å². The standard InChI is InChI=1S/C14H19N3OS.ClH/c1-18-11-2-3-12-13(8-11)19-14(16-12)9-17-6-4-10(15)5-7-17;/h2-3,8,10H,4-7,9,15H2,1H3;1H. The zero-order valence-electron chi connectivity index (χ0n) is 11.5. The van der Waals surface area contributed by atoms with Gasteiger partial charge < -0.3 is 10.5 Å². The number of likely N-dealkylation sites (tertiary alicyclic amines) is 1. The van der Waals surface area contributed by atoms with E-state index in [4.69, 9.17) is 15.5 Å². The summed E-state index contributed by atoms with van der Waals surface area (Å²) in [6.07, 6.45) is 2.19. The van der Waals surface area contributed by atoms with Crippen molar-refractivity contribution < 1.29 is 4.74 Å². The highest BCUT2D eigenvalue weighted by Crippen LogP contribution is 2.27. The van der Waals surface area contributed by atoms with Gasteiger partial charge in [-0.25, -0.2) is 4.98 Å². The van der Waals surface area contributed by atoms with Crippen molar-refractivity contribution in [3.8, 4) is 5.75 Å². The highest BCUT2D eigenvalue weighted by Gasteiger charge is 2.17. The third kappa shape index (κ3) is 3.41. The Balaban J connectivity index is 0.00000147. The predicted molar refractivity (Wildman–Crippen MR) is 85.9 cm³/mol. The van der Waals surface area contributed by atoms with Gasteiger partial charge in [0.15, 0.2) is 0 Å². The Morgan fingerprint density at radius 2 is 2.15 bits per heavy atom. The van der Waals surface area contributed by atoms with Crippen LogP contribution < -0.4 is 10.5 Å². The van der Waals surface area contributed by atoms with E-state index >= 15 is 0 Å². The molecular weight excluding hydrogens is 294 g/mol. The molecule has 1 aliphatic rings. The van der Waals surface area contributed by atoms with Crippen LogP contribution in [0.1, 0.15) is 17.8 Å². The molecule has 0 unspecified atom stereocenters. The largest absolute Gasteiger partial charge is 0.497 e. The zero-order valence-corrected chi connectivity index (χ0v) is 13.2. The summed E-state index contributed by atoms with van der Waals surface area (Å²) in [5.74, 6) is 0.895. The van der Waals surface area contributed by atoms with Gasteiger partial charge in [0.05, 0.1) is 23.9 Å². The molecule has 6 heteroatoms. The maximum atomic E-state index is 5.93. The molecule has 0 radical (unpaired) electrons. The van der Waals surface area contributed by atoms with Crippen molar-refractivity contribution in [1.29, 1.82) is 0 Å². The van der Waals surface area contributed by atoms with Gasteiger partial charge in [0.25, 0.3) is 0 Å². The second-order valence-corrected chi connectivity index (χ2v) is 6.17. The van der Waals surface area contributed by atoms with Crippen LogP contribution in [0, 0.1) is 0 Å². The van der Waals surface area contributed by atoms with E-state index in [1.54, 1.807) is 18.4 Å². The van der Waals surface area contributed by atoms with Gasteiger partial charge in [-0.3, -0.25) is 4.90 Å². The van der Waals surface area contributed by atoms with Crippen molar-refractivity contribution in [3.63, 3.8) is 0 Å². The first-order valence-electron chi connectivity index (χ1n) is 6.66. The lowest BCUT2D eigenvalue weighted by Crippen LogP contribution is -2.39. The number of nitrogens with zero attached hydrogens (tertiary/aromatic N) is 2. The monoisotopic (exact) mass is 313 g/mol. The SMILES string of the molecule is COc1ccc2nc(CN3CCC(N)CC3)sc2c1.Cl. The molecule has 20 heavy (non-hydrogen) atoms. The maximum absolute atomic E-state index is 5.93. The van der Waals surface area contributed by atoms with Gasteiger partial charge in [0.1, 0.15) is 10.8 Å². The zero-order chi connectivity index (χ0) is 13.2.